The number of likely N-dealkylation sites (N-methyl/N-ethyl adjacent to an activating group) is 1. The Hall–Kier alpha value is -3.10. The number of carbonyl (C=O) groups is 1. The van der Waals surface area contributed by atoms with E-state index in [2.05, 4.69) is 123 Å². The minimum Gasteiger partial charge on any atom is -0.756 e. The van der Waals surface area contributed by atoms with Crippen molar-refractivity contribution in [1.29, 1.82) is 0 Å². The summed E-state index contributed by atoms with van der Waals surface area (Å²) in [5, 5.41) is 0. The molecule has 2 atom stereocenters. The second-order valence-corrected chi connectivity index (χ2v) is 16.0. The number of ether oxygens (including phenoxy) is 2. The zero-order valence-electron chi connectivity index (χ0n) is 36.2. The van der Waals surface area contributed by atoms with E-state index >= 15 is 0 Å². The van der Waals surface area contributed by atoms with Gasteiger partial charge in [-0.3, -0.25) is 9.36 Å². The van der Waals surface area contributed by atoms with Crippen LogP contribution in [0.25, 0.3) is 0 Å². The van der Waals surface area contributed by atoms with Gasteiger partial charge in [0, 0.05) is 13.0 Å². The molecule has 0 spiro atoms. The van der Waals surface area contributed by atoms with Crippen molar-refractivity contribution in [1.82, 2.24) is 0 Å². The van der Waals surface area contributed by atoms with Crippen LogP contribution < -0.4 is 4.89 Å². The molecule has 0 aliphatic carbocycles. The van der Waals surface area contributed by atoms with E-state index in [0.717, 1.165) is 89.9 Å². The molecule has 0 radical (unpaired) electrons. The Morgan fingerprint density at radius 2 is 0.965 bits per heavy atom. The summed E-state index contributed by atoms with van der Waals surface area (Å²) in [5.74, 6) is -0.434. The topological polar surface area (TPSA) is 94.1 Å². The van der Waals surface area contributed by atoms with E-state index in [9.17, 15) is 14.3 Å². The van der Waals surface area contributed by atoms with Gasteiger partial charge in [-0.1, -0.05) is 142 Å². The van der Waals surface area contributed by atoms with Gasteiger partial charge in [0.05, 0.1) is 34.4 Å². The molecule has 0 amide bonds. The number of unbranched alkanes of at least 4 members (excludes halogenated alkanes) is 3. The van der Waals surface area contributed by atoms with Crippen molar-refractivity contribution in [3.8, 4) is 0 Å². The van der Waals surface area contributed by atoms with Gasteiger partial charge in [-0.15, -0.1) is 0 Å². The highest BCUT2D eigenvalue weighted by atomic mass is 31.2. The Labute approximate surface area is 348 Å². The van der Waals surface area contributed by atoms with Crippen LogP contribution in [0.4, 0.5) is 0 Å². The Morgan fingerprint density at radius 1 is 0.544 bits per heavy atom. The van der Waals surface area contributed by atoms with E-state index in [4.69, 9.17) is 18.5 Å². The minimum absolute atomic E-state index is 0.00188. The van der Waals surface area contributed by atoms with Gasteiger partial charge in [0.2, 0.25) is 0 Å². The van der Waals surface area contributed by atoms with Crippen LogP contribution in [0.2, 0.25) is 0 Å². The number of hydrogen-bond donors (Lipinski definition) is 0. The normalized spacial score (nSPS) is 15.0. The summed E-state index contributed by atoms with van der Waals surface area (Å²) in [6.07, 6.45) is 56.6. The number of carbonyl (C=O) groups excluding carboxylic acids is 1. The van der Waals surface area contributed by atoms with Crippen molar-refractivity contribution in [3.63, 3.8) is 0 Å². The smallest absolute Gasteiger partial charge is 0.306 e. The third-order valence-corrected chi connectivity index (χ3v) is 8.99. The molecule has 0 N–H and O–H groups in total. The first-order valence-corrected chi connectivity index (χ1v) is 22.7. The maximum atomic E-state index is 12.6. The summed E-state index contributed by atoms with van der Waals surface area (Å²) in [7, 11) is 1.26. The number of quaternary nitrogens is 1. The molecule has 0 aromatic heterocycles. The van der Waals surface area contributed by atoms with Crippen molar-refractivity contribution < 1.29 is 37.3 Å². The van der Waals surface area contributed by atoms with Crippen molar-refractivity contribution in [2.75, 3.05) is 54.1 Å². The van der Waals surface area contributed by atoms with Gasteiger partial charge in [-0.2, -0.15) is 0 Å². The zero-order valence-corrected chi connectivity index (χ0v) is 37.1. The second-order valence-electron chi connectivity index (χ2n) is 14.6. The lowest BCUT2D eigenvalue weighted by atomic mass is 10.2. The van der Waals surface area contributed by atoms with Crippen LogP contribution in [-0.2, 0) is 27.9 Å². The van der Waals surface area contributed by atoms with Gasteiger partial charge < -0.3 is 27.9 Å². The van der Waals surface area contributed by atoms with E-state index in [1.54, 1.807) is 0 Å². The Kier molecular flexibility index (Phi) is 37.6. The number of nitrogens with zero attached hydrogens (tertiary/aromatic N) is 1. The van der Waals surface area contributed by atoms with Crippen LogP contribution in [0.1, 0.15) is 117 Å². The average molecular weight is 812 g/mol. The predicted molar refractivity (Wildman–Crippen MR) is 240 cm³/mol. The van der Waals surface area contributed by atoms with E-state index in [-0.39, 0.29) is 26.2 Å². The molecule has 0 aliphatic rings. The van der Waals surface area contributed by atoms with Crippen LogP contribution in [0.15, 0.2) is 122 Å². The van der Waals surface area contributed by atoms with Gasteiger partial charge in [0.25, 0.3) is 7.82 Å². The SMILES string of the molecule is CC/C=C\C/C=C\C/C=C\C/C=C\C/C=C\C/C=C\CCC(=O)OC(COCCCCC/C=C\C/C=C\C/C=C\C/C=C\CC)COP(=O)([O-])OCC[N+](C)(C)C. The molecule has 57 heavy (non-hydrogen) atoms. The first kappa shape index (κ1) is 53.9. The Morgan fingerprint density at radius 3 is 1.40 bits per heavy atom. The lowest BCUT2D eigenvalue weighted by Gasteiger charge is -2.28. The van der Waals surface area contributed by atoms with Gasteiger partial charge in [0.15, 0.2) is 0 Å². The molecule has 8 nitrogen and oxygen atoms in total. The molecule has 0 aromatic carbocycles. The van der Waals surface area contributed by atoms with Crippen LogP contribution in [0.5, 0.6) is 0 Å². The predicted octanol–water partition coefficient (Wildman–Crippen LogP) is 12.0. The van der Waals surface area contributed by atoms with Gasteiger partial charge in [-0.05, 0) is 89.9 Å². The highest BCUT2D eigenvalue weighted by molar-refractivity contribution is 7.45. The lowest BCUT2D eigenvalue weighted by molar-refractivity contribution is -0.870. The maximum Gasteiger partial charge on any atom is 0.306 e. The fourth-order valence-corrected chi connectivity index (χ4v) is 5.52. The molecule has 0 heterocycles. The number of hydrogen-bond acceptors (Lipinski definition) is 7. The highest BCUT2D eigenvalue weighted by Crippen LogP contribution is 2.38. The number of phosphoric ester groups is 1. The number of esters is 1. The van der Waals surface area contributed by atoms with Crippen LogP contribution in [0, 0.1) is 0 Å². The van der Waals surface area contributed by atoms with Crippen molar-refractivity contribution in [2.24, 2.45) is 0 Å². The molecular formula is C48H78NO7P. The summed E-state index contributed by atoms with van der Waals surface area (Å²) in [6, 6.07) is 0. The number of allylic oxidation sites excluding steroid dienone is 20. The summed E-state index contributed by atoms with van der Waals surface area (Å²) in [5.41, 5.74) is 0. The second kappa shape index (κ2) is 39.7. The third kappa shape index (κ3) is 43.9. The quantitative estimate of drug-likeness (QED) is 0.0203. The number of rotatable bonds is 37. The molecule has 0 bridgehead atoms. The summed E-state index contributed by atoms with van der Waals surface area (Å²) in [4.78, 5) is 25.0. The first-order chi connectivity index (χ1) is 27.6. The standard InChI is InChI=1S/C48H78NO7P/c1-6-8-10-12-14-16-18-20-22-24-25-26-27-29-31-33-35-37-39-41-48(50)56-47(46-55-57(51,52)54-44-42-49(3,4)5)45-53-43-40-38-36-34-32-30-28-23-21-19-17-15-13-11-9-7-2/h8-11,14-17,20-23,25-26,29-32,35,37,47H,6-7,12-13,18-19,24,27-28,33-34,36,38-46H2,1-5H3/b10-8-,11-9-,16-14-,17-15-,22-20-,23-21-,26-25-,31-29-,32-30-,37-35-. The van der Waals surface area contributed by atoms with Crippen LogP contribution in [-0.4, -0.2) is 70.7 Å². The van der Waals surface area contributed by atoms with E-state index in [1.165, 1.54) is 0 Å². The van der Waals surface area contributed by atoms with E-state index in [0.29, 0.717) is 24.1 Å². The molecule has 322 valence electrons. The molecule has 0 saturated heterocycles. The summed E-state index contributed by atoms with van der Waals surface area (Å²) < 4.78 is 34.4. The molecule has 0 aromatic rings. The van der Waals surface area contributed by atoms with Crippen molar-refractivity contribution in [2.45, 2.75) is 123 Å². The van der Waals surface area contributed by atoms with Gasteiger partial charge in [0.1, 0.15) is 19.3 Å². The average Bonchev–Trinajstić information content (AvgIpc) is 3.16. The summed E-state index contributed by atoms with van der Waals surface area (Å²) >= 11 is 0. The molecule has 2 unspecified atom stereocenters. The maximum absolute atomic E-state index is 12.6. The fraction of sp³-hybridized carbons (Fsp3) is 0.562. The van der Waals surface area contributed by atoms with Crippen molar-refractivity contribution in [3.05, 3.63) is 122 Å². The molecular weight excluding hydrogens is 734 g/mol. The molecule has 0 fully saturated rings. The van der Waals surface area contributed by atoms with Gasteiger partial charge >= 0.3 is 5.97 Å². The number of phosphoric acid groups is 1. The molecule has 0 rings (SSSR count). The fourth-order valence-electron chi connectivity index (χ4n) is 4.80. The molecule has 0 aliphatic heterocycles. The third-order valence-electron chi connectivity index (χ3n) is 8.02. The Bertz CT molecular complexity index is 1310. The molecule has 9 heteroatoms. The van der Waals surface area contributed by atoms with Crippen molar-refractivity contribution >= 4 is 13.8 Å². The first-order valence-electron chi connectivity index (χ1n) is 21.3. The minimum atomic E-state index is -4.56. The van der Waals surface area contributed by atoms with Gasteiger partial charge in [-0.25, -0.2) is 0 Å². The van der Waals surface area contributed by atoms with E-state index < -0.39 is 19.9 Å². The molecule has 0 saturated carbocycles. The largest absolute Gasteiger partial charge is 0.756 e. The summed E-state index contributed by atoms with van der Waals surface area (Å²) in [6.45, 7) is 4.94. The van der Waals surface area contributed by atoms with Crippen LogP contribution in [0.3, 0.4) is 0 Å². The van der Waals surface area contributed by atoms with Crippen LogP contribution >= 0.6 is 7.82 Å². The lowest BCUT2D eigenvalue weighted by Crippen LogP contribution is -2.37. The Balaban J connectivity index is 4.49. The highest BCUT2D eigenvalue weighted by Gasteiger charge is 2.20. The van der Waals surface area contributed by atoms with E-state index in [1.807, 2.05) is 33.3 Å². The monoisotopic (exact) mass is 812 g/mol. The zero-order chi connectivity index (χ0) is 42.0.